The number of fused-ring (bicyclic) bond motifs is 2. The minimum atomic E-state index is -0.0888. The number of benzene rings is 4. The van der Waals surface area contributed by atoms with Gasteiger partial charge in [0, 0.05) is 23.2 Å². The molecule has 0 spiro atoms. The van der Waals surface area contributed by atoms with Gasteiger partial charge in [-0.3, -0.25) is 9.59 Å². The largest absolute Gasteiger partial charge is 0.347 e. The second-order valence-electron chi connectivity index (χ2n) is 8.50. The van der Waals surface area contributed by atoms with Crippen molar-refractivity contribution >= 4 is 33.4 Å². The van der Waals surface area contributed by atoms with Crippen molar-refractivity contribution < 1.29 is 9.59 Å². The van der Waals surface area contributed by atoms with Crippen molar-refractivity contribution in [1.29, 1.82) is 0 Å². The van der Waals surface area contributed by atoms with Crippen molar-refractivity contribution in [1.82, 2.24) is 10.6 Å². The summed E-state index contributed by atoms with van der Waals surface area (Å²) in [5.74, 6) is -0.170. The van der Waals surface area contributed by atoms with Gasteiger partial charge in [0.25, 0.3) is 11.8 Å². The van der Waals surface area contributed by atoms with Gasteiger partial charge in [0.15, 0.2) is 0 Å². The summed E-state index contributed by atoms with van der Waals surface area (Å²) < 4.78 is 0. The molecule has 0 saturated heterocycles. The summed E-state index contributed by atoms with van der Waals surface area (Å²) in [5, 5.41) is 10.4. The molecule has 0 heterocycles. The van der Waals surface area contributed by atoms with Crippen LogP contribution in [0.1, 0.15) is 46.4 Å². The van der Waals surface area contributed by atoms with E-state index in [1.54, 1.807) is 0 Å². The second-order valence-corrected chi connectivity index (χ2v) is 8.50. The molecule has 0 aromatic heterocycles. The maximum atomic E-state index is 13.2. The molecule has 5 rings (SSSR count). The van der Waals surface area contributed by atoms with E-state index in [4.69, 9.17) is 0 Å². The predicted octanol–water partition coefficient (Wildman–Crippen LogP) is 5.46. The standard InChI is InChI=1S/C28H26N2O2/c31-27(23-15-7-11-19-9-1-3-13-21(19)23)29-25-17-5-6-18-26(25)30-28(32)24-16-8-12-20-10-2-4-14-22(20)24/h1-4,7-16,25-26H,5-6,17-18H2,(H,29,31)(H,30,32)/t25-,26-/m1/s1. The molecule has 0 unspecified atom stereocenters. The zero-order valence-electron chi connectivity index (χ0n) is 17.9. The fourth-order valence-corrected chi connectivity index (χ4v) is 4.82. The smallest absolute Gasteiger partial charge is 0.252 e. The Balaban J connectivity index is 1.36. The molecule has 4 aromatic rings. The first-order valence-electron chi connectivity index (χ1n) is 11.3. The van der Waals surface area contributed by atoms with Crippen LogP contribution in [0.2, 0.25) is 0 Å². The fourth-order valence-electron chi connectivity index (χ4n) is 4.82. The van der Waals surface area contributed by atoms with E-state index in [1.165, 1.54) is 0 Å². The molecule has 160 valence electrons. The average Bonchev–Trinajstić information content (AvgIpc) is 2.84. The van der Waals surface area contributed by atoms with E-state index in [1.807, 2.05) is 84.9 Å². The summed E-state index contributed by atoms with van der Waals surface area (Å²) in [6.07, 6.45) is 3.80. The van der Waals surface area contributed by atoms with Gasteiger partial charge < -0.3 is 10.6 Å². The number of hydrogen-bond acceptors (Lipinski definition) is 2. The first-order valence-corrected chi connectivity index (χ1v) is 11.3. The van der Waals surface area contributed by atoms with Crippen LogP contribution in [0.15, 0.2) is 84.9 Å². The number of carbonyl (C=O) groups excluding carboxylic acids is 2. The number of rotatable bonds is 4. The van der Waals surface area contributed by atoms with Gasteiger partial charge in [0.05, 0.1) is 0 Å². The average molecular weight is 423 g/mol. The molecule has 2 amide bonds. The van der Waals surface area contributed by atoms with Gasteiger partial charge >= 0.3 is 0 Å². The molecule has 4 heteroatoms. The van der Waals surface area contributed by atoms with Crippen LogP contribution in [-0.2, 0) is 0 Å². The third-order valence-corrected chi connectivity index (χ3v) is 6.47. The normalized spacial score (nSPS) is 18.4. The van der Waals surface area contributed by atoms with Crippen LogP contribution < -0.4 is 10.6 Å². The molecule has 1 fully saturated rings. The summed E-state index contributed by atoms with van der Waals surface area (Å²) >= 11 is 0. The first-order chi connectivity index (χ1) is 15.7. The van der Waals surface area contributed by atoms with Gasteiger partial charge in [0.2, 0.25) is 0 Å². The first kappa shape index (κ1) is 20.3. The van der Waals surface area contributed by atoms with Crippen LogP contribution in [0.25, 0.3) is 21.5 Å². The quantitative estimate of drug-likeness (QED) is 0.459. The van der Waals surface area contributed by atoms with Crippen LogP contribution in [0, 0.1) is 0 Å². The highest BCUT2D eigenvalue weighted by molar-refractivity contribution is 6.08. The zero-order chi connectivity index (χ0) is 21.9. The lowest BCUT2D eigenvalue weighted by molar-refractivity contribution is 0.0864. The van der Waals surface area contributed by atoms with Crippen LogP contribution in [0.5, 0.6) is 0 Å². The third-order valence-electron chi connectivity index (χ3n) is 6.47. The summed E-state index contributed by atoms with van der Waals surface area (Å²) in [4.78, 5) is 26.4. The minimum Gasteiger partial charge on any atom is -0.347 e. The van der Waals surface area contributed by atoms with Crippen molar-refractivity contribution in [3.63, 3.8) is 0 Å². The Morgan fingerprint density at radius 2 is 0.969 bits per heavy atom. The summed E-state index contributed by atoms with van der Waals surface area (Å²) in [6.45, 7) is 0. The van der Waals surface area contributed by atoms with Crippen LogP contribution in [0.4, 0.5) is 0 Å². The molecule has 0 aliphatic heterocycles. The van der Waals surface area contributed by atoms with E-state index >= 15 is 0 Å². The molecule has 1 aliphatic rings. The Hall–Kier alpha value is -3.66. The zero-order valence-corrected chi connectivity index (χ0v) is 17.9. The van der Waals surface area contributed by atoms with E-state index in [2.05, 4.69) is 10.6 Å². The molecule has 0 radical (unpaired) electrons. The molecule has 4 aromatic carbocycles. The molecule has 2 atom stereocenters. The van der Waals surface area contributed by atoms with E-state index in [-0.39, 0.29) is 23.9 Å². The van der Waals surface area contributed by atoms with Gasteiger partial charge in [-0.2, -0.15) is 0 Å². The fraction of sp³-hybridized carbons (Fsp3) is 0.214. The Morgan fingerprint density at radius 3 is 1.44 bits per heavy atom. The van der Waals surface area contributed by atoms with Crippen molar-refractivity contribution in [2.75, 3.05) is 0 Å². The molecular weight excluding hydrogens is 396 g/mol. The topological polar surface area (TPSA) is 58.2 Å². The molecule has 1 saturated carbocycles. The summed E-state index contributed by atoms with van der Waals surface area (Å²) in [6, 6.07) is 27.2. The predicted molar refractivity (Wildman–Crippen MR) is 129 cm³/mol. The highest BCUT2D eigenvalue weighted by Gasteiger charge is 2.29. The Bertz CT molecular complexity index is 1190. The Labute approximate surface area is 187 Å². The molecule has 32 heavy (non-hydrogen) atoms. The van der Waals surface area contributed by atoms with Crippen LogP contribution in [0.3, 0.4) is 0 Å². The number of carbonyl (C=O) groups is 2. The SMILES string of the molecule is O=C(N[C@@H]1CCCC[C@H]1NC(=O)c1cccc2ccccc12)c1cccc2ccccc12. The van der Waals surface area contributed by atoms with Gasteiger partial charge in [-0.25, -0.2) is 0 Å². The maximum absolute atomic E-state index is 13.2. The maximum Gasteiger partial charge on any atom is 0.252 e. The lowest BCUT2D eigenvalue weighted by Gasteiger charge is -2.33. The lowest BCUT2D eigenvalue weighted by Crippen LogP contribution is -2.53. The summed E-state index contributed by atoms with van der Waals surface area (Å²) in [7, 11) is 0. The highest BCUT2D eigenvalue weighted by Crippen LogP contribution is 2.23. The molecule has 0 bridgehead atoms. The van der Waals surface area contributed by atoms with Gasteiger partial charge in [0.1, 0.15) is 0 Å². The third kappa shape index (κ3) is 3.96. The van der Waals surface area contributed by atoms with Crippen LogP contribution >= 0.6 is 0 Å². The monoisotopic (exact) mass is 422 g/mol. The van der Waals surface area contributed by atoms with Gasteiger partial charge in [-0.05, 0) is 46.5 Å². The van der Waals surface area contributed by atoms with Gasteiger partial charge in [-0.15, -0.1) is 0 Å². The second kappa shape index (κ2) is 8.83. The minimum absolute atomic E-state index is 0.0851. The molecule has 4 nitrogen and oxygen atoms in total. The van der Waals surface area contributed by atoms with Crippen molar-refractivity contribution in [2.45, 2.75) is 37.8 Å². The van der Waals surface area contributed by atoms with Crippen molar-refractivity contribution in [2.24, 2.45) is 0 Å². The van der Waals surface area contributed by atoms with E-state index in [0.717, 1.165) is 47.2 Å². The molecule has 2 N–H and O–H groups in total. The Kier molecular flexibility index (Phi) is 5.59. The summed E-state index contributed by atoms with van der Waals surface area (Å²) in [5.41, 5.74) is 1.35. The Morgan fingerprint density at radius 1 is 0.562 bits per heavy atom. The number of nitrogens with one attached hydrogen (secondary N) is 2. The van der Waals surface area contributed by atoms with E-state index in [9.17, 15) is 9.59 Å². The number of hydrogen-bond donors (Lipinski definition) is 2. The molecular formula is C28H26N2O2. The van der Waals surface area contributed by atoms with E-state index < -0.39 is 0 Å². The van der Waals surface area contributed by atoms with Crippen molar-refractivity contribution in [3.05, 3.63) is 96.1 Å². The van der Waals surface area contributed by atoms with E-state index in [0.29, 0.717) is 11.1 Å². The number of amides is 2. The highest BCUT2D eigenvalue weighted by atomic mass is 16.2. The van der Waals surface area contributed by atoms with Crippen molar-refractivity contribution in [3.8, 4) is 0 Å². The van der Waals surface area contributed by atoms with Gasteiger partial charge in [-0.1, -0.05) is 85.6 Å². The molecule has 1 aliphatic carbocycles. The lowest BCUT2D eigenvalue weighted by atomic mass is 9.89. The van der Waals surface area contributed by atoms with Crippen LogP contribution in [-0.4, -0.2) is 23.9 Å².